The Morgan fingerprint density at radius 1 is 1.31 bits per heavy atom. The summed E-state index contributed by atoms with van der Waals surface area (Å²) in [5.41, 5.74) is 1.57. The number of hydrogen-bond donors (Lipinski definition) is 2. The Balaban J connectivity index is 1.57. The van der Waals surface area contributed by atoms with Gasteiger partial charge in [0.05, 0.1) is 19.4 Å². The summed E-state index contributed by atoms with van der Waals surface area (Å²) in [6.45, 7) is 0.335. The van der Waals surface area contributed by atoms with E-state index in [1.165, 1.54) is 24.9 Å². The van der Waals surface area contributed by atoms with Crippen molar-refractivity contribution in [1.82, 2.24) is 10.1 Å². The van der Waals surface area contributed by atoms with Gasteiger partial charge in [-0.2, -0.15) is 0 Å². The third-order valence-electron chi connectivity index (χ3n) is 4.10. The zero-order valence-electron chi connectivity index (χ0n) is 16.9. The highest BCUT2D eigenvalue weighted by molar-refractivity contribution is 7.99. The zero-order chi connectivity index (χ0) is 22.9. The van der Waals surface area contributed by atoms with Crippen LogP contribution >= 0.6 is 24.0 Å². The van der Waals surface area contributed by atoms with Crippen LogP contribution in [0.15, 0.2) is 58.2 Å². The highest BCUT2D eigenvalue weighted by atomic mass is 32.2. The van der Waals surface area contributed by atoms with Crippen molar-refractivity contribution < 1.29 is 28.9 Å². The number of carbonyl (C=O) groups excluding carboxylic acids is 2. The standard InChI is InChI=1S/C21H19N3O6S2/c1-28-18-12-14(7-9-19(26)22-16-5-3-2-4-15(16)13-25)6-8-17(18)29-10-11-32-20-21(31)24(27)30-23-20/h2-9,12-13,27H,10-11H2,1H3,(H,22,26)/b9-7+. The van der Waals surface area contributed by atoms with Crippen LogP contribution in [0, 0.1) is 4.64 Å². The third-order valence-corrected chi connectivity index (χ3v) is 5.49. The molecule has 11 heteroatoms. The number of anilines is 1. The average Bonchev–Trinajstić information content (AvgIpc) is 3.13. The van der Waals surface area contributed by atoms with Gasteiger partial charge in [-0.1, -0.05) is 30.0 Å². The van der Waals surface area contributed by atoms with Crippen molar-refractivity contribution in [3.8, 4) is 11.5 Å². The first-order valence-corrected chi connectivity index (χ1v) is 10.7. The van der Waals surface area contributed by atoms with Gasteiger partial charge in [-0.25, -0.2) is 4.63 Å². The maximum absolute atomic E-state index is 12.2. The number of amides is 1. The van der Waals surface area contributed by atoms with E-state index in [0.717, 1.165) is 5.56 Å². The fraction of sp³-hybridized carbons (Fsp3) is 0.143. The summed E-state index contributed by atoms with van der Waals surface area (Å²) in [5, 5.41) is 15.9. The van der Waals surface area contributed by atoms with E-state index in [0.29, 0.717) is 51.3 Å². The molecule has 0 atom stereocenters. The summed E-state index contributed by atoms with van der Waals surface area (Å²) in [7, 11) is 1.52. The quantitative estimate of drug-likeness (QED) is 0.112. The van der Waals surface area contributed by atoms with Crippen LogP contribution < -0.4 is 14.8 Å². The predicted octanol–water partition coefficient (Wildman–Crippen LogP) is 4.09. The molecule has 1 aromatic heterocycles. The topological polar surface area (TPSA) is 116 Å². The number of hydrogen-bond acceptors (Lipinski definition) is 9. The van der Waals surface area contributed by atoms with Crippen LogP contribution in [0.25, 0.3) is 6.08 Å². The van der Waals surface area contributed by atoms with E-state index >= 15 is 0 Å². The van der Waals surface area contributed by atoms with Gasteiger partial charge in [0.15, 0.2) is 22.8 Å². The third kappa shape index (κ3) is 5.99. The molecule has 0 aliphatic heterocycles. The fourth-order valence-electron chi connectivity index (χ4n) is 2.58. The van der Waals surface area contributed by atoms with E-state index in [4.69, 9.17) is 21.7 Å². The number of benzene rings is 2. The van der Waals surface area contributed by atoms with Crippen LogP contribution in [0.2, 0.25) is 0 Å². The molecule has 0 radical (unpaired) electrons. The minimum absolute atomic E-state index is 0.0994. The van der Waals surface area contributed by atoms with Crippen LogP contribution in [0.5, 0.6) is 11.5 Å². The molecule has 1 heterocycles. The average molecular weight is 474 g/mol. The fourth-order valence-corrected chi connectivity index (χ4v) is 3.47. The summed E-state index contributed by atoms with van der Waals surface area (Å²) in [4.78, 5) is 23.7. The summed E-state index contributed by atoms with van der Waals surface area (Å²) >= 11 is 6.23. The van der Waals surface area contributed by atoms with Crippen LogP contribution in [0.1, 0.15) is 15.9 Å². The molecule has 2 N–H and O–H groups in total. The van der Waals surface area contributed by atoms with Gasteiger partial charge in [0.25, 0.3) is 0 Å². The van der Waals surface area contributed by atoms with Gasteiger partial charge in [0, 0.05) is 17.4 Å². The molecule has 3 aromatic rings. The summed E-state index contributed by atoms with van der Waals surface area (Å²) in [6.07, 6.45) is 3.68. The molecule has 0 saturated carbocycles. The molecule has 0 bridgehead atoms. The van der Waals surface area contributed by atoms with Gasteiger partial charge in [0.1, 0.15) is 0 Å². The monoisotopic (exact) mass is 473 g/mol. The zero-order valence-corrected chi connectivity index (χ0v) is 18.5. The van der Waals surface area contributed by atoms with Crippen molar-refractivity contribution in [3.05, 3.63) is 64.3 Å². The minimum atomic E-state index is -0.367. The van der Waals surface area contributed by atoms with Gasteiger partial charge < -0.3 is 20.0 Å². The molecule has 0 fully saturated rings. The number of nitrogens with zero attached hydrogens (tertiary/aromatic N) is 2. The molecule has 166 valence electrons. The molecule has 0 spiro atoms. The molecule has 0 aliphatic rings. The molecular formula is C21H19N3O6S2. The van der Waals surface area contributed by atoms with Crippen LogP contribution in [0.3, 0.4) is 0 Å². The Labute approximate surface area is 192 Å². The number of methoxy groups -OCH3 is 1. The number of thioether (sulfide) groups is 1. The molecule has 3 rings (SSSR count). The second kappa shape index (κ2) is 11.2. The number of carbonyl (C=O) groups is 2. The van der Waals surface area contributed by atoms with E-state index in [9.17, 15) is 14.8 Å². The SMILES string of the molecule is COc1cc(/C=C/C(=O)Nc2ccccc2C=O)ccc1OCCSc1non(O)c1=S. The molecule has 2 aromatic carbocycles. The Morgan fingerprint density at radius 2 is 2.12 bits per heavy atom. The first-order valence-electron chi connectivity index (χ1n) is 9.27. The number of aromatic nitrogens is 2. The van der Waals surface area contributed by atoms with Crippen molar-refractivity contribution in [2.45, 2.75) is 5.03 Å². The van der Waals surface area contributed by atoms with Gasteiger partial charge in [0.2, 0.25) is 10.5 Å². The predicted molar refractivity (Wildman–Crippen MR) is 121 cm³/mol. The maximum atomic E-state index is 12.2. The lowest BCUT2D eigenvalue weighted by Crippen LogP contribution is -2.09. The van der Waals surface area contributed by atoms with Crippen molar-refractivity contribution in [1.29, 1.82) is 0 Å². The van der Waals surface area contributed by atoms with E-state index in [1.807, 2.05) is 0 Å². The Kier molecular flexibility index (Phi) is 8.06. The first-order chi connectivity index (χ1) is 15.5. The van der Waals surface area contributed by atoms with Gasteiger partial charge in [-0.3, -0.25) is 9.59 Å². The lowest BCUT2D eigenvalue weighted by Gasteiger charge is -2.11. The van der Waals surface area contributed by atoms with Crippen molar-refractivity contribution in [2.75, 3.05) is 24.8 Å². The lowest BCUT2D eigenvalue weighted by molar-refractivity contribution is -0.111. The van der Waals surface area contributed by atoms with Crippen LogP contribution in [-0.4, -0.2) is 46.9 Å². The molecular weight excluding hydrogens is 454 g/mol. The van der Waals surface area contributed by atoms with Crippen LogP contribution in [-0.2, 0) is 4.79 Å². The highest BCUT2D eigenvalue weighted by Crippen LogP contribution is 2.29. The van der Waals surface area contributed by atoms with Gasteiger partial charge >= 0.3 is 0 Å². The Hall–Kier alpha value is -3.57. The molecule has 9 nitrogen and oxygen atoms in total. The Morgan fingerprint density at radius 3 is 2.84 bits per heavy atom. The number of ether oxygens (including phenoxy) is 2. The lowest BCUT2D eigenvalue weighted by atomic mass is 10.1. The maximum Gasteiger partial charge on any atom is 0.248 e. The summed E-state index contributed by atoms with van der Waals surface area (Å²) in [6, 6.07) is 12.0. The molecule has 32 heavy (non-hydrogen) atoms. The molecule has 1 amide bonds. The molecule has 0 saturated heterocycles. The van der Waals surface area contributed by atoms with E-state index in [1.54, 1.807) is 48.5 Å². The van der Waals surface area contributed by atoms with Gasteiger partial charge in [-0.15, -0.1) is 0 Å². The number of aldehydes is 1. The second-order valence-electron chi connectivity index (χ2n) is 6.19. The smallest absolute Gasteiger partial charge is 0.248 e. The van der Waals surface area contributed by atoms with Crippen molar-refractivity contribution in [3.63, 3.8) is 0 Å². The largest absolute Gasteiger partial charge is 0.493 e. The van der Waals surface area contributed by atoms with Crippen LogP contribution in [0.4, 0.5) is 5.69 Å². The molecule has 0 aliphatic carbocycles. The highest BCUT2D eigenvalue weighted by Gasteiger charge is 2.09. The first kappa shape index (κ1) is 23.1. The van der Waals surface area contributed by atoms with E-state index in [-0.39, 0.29) is 10.5 Å². The number of rotatable bonds is 10. The van der Waals surface area contributed by atoms with E-state index in [2.05, 4.69) is 15.1 Å². The summed E-state index contributed by atoms with van der Waals surface area (Å²) in [5.74, 6) is 1.19. The second-order valence-corrected chi connectivity index (χ2v) is 7.66. The summed E-state index contributed by atoms with van der Waals surface area (Å²) < 4.78 is 15.7. The van der Waals surface area contributed by atoms with E-state index < -0.39 is 0 Å². The van der Waals surface area contributed by atoms with Gasteiger partial charge in [-0.05, 0) is 58.2 Å². The number of para-hydroxylation sites is 1. The minimum Gasteiger partial charge on any atom is -0.493 e. The van der Waals surface area contributed by atoms with Crippen molar-refractivity contribution in [2.24, 2.45) is 0 Å². The molecule has 0 unspecified atom stereocenters. The van der Waals surface area contributed by atoms with Crippen molar-refractivity contribution >= 4 is 47.9 Å². The number of nitrogens with one attached hydrogen (secondary N) is 1. The normalized spacial score (nSPS) is 10.8. The Bertz CT molecular complexity index is 1190.